The van der Waals surface area contributed by atoms with Crippen LogP contribution in [0.4, 0.5) is 4.39 Å². The van der Waals surface area contributed by atoms with Crippen molar-refractivity contribution in [2.24, 2.45) is 0 Å². The molecular weight excluding hydrogens is 181 g/mol. The molecule has 0 aromatic heterocycles. The maximum Gasteiger partial charge on any atom is 0.126 e. The molecule has 0 bridgehead atoms. The van der Waals surface area contributed by atoms with Gasteiger partial charge in [0.15, 0.2) is 0 Å². The van der Waals surface area contributed by atoms with Gasteiger partial charge in [-0.25, -0.2) is 4.39 Å². The quantitative estimate of drug-likeness (QED) is 0.781. The molecule has 0 aliphatic carbocycles. The highest BCUT2D eigenvalue weighted by Crippen LogP contribution is 2.12. The first-order valence-electron chi connectivity index (χ1n) is 4.82. The van der Waals surface area contributed by atoms with E-state index < -0.39 is 0 Å². The summed E-state index contributed by atoms with van der Waals surface area (Å²) in [5.41, 5.74) is 0. The van der Waals surface area contributed by atoms with E-state index in [1.54, 1.807) is 12.1 Å². The second kappa shape index (κ2) is 5.60. The Balaban J connectivity index is 2.44. The van der Waals surface area contributed by atoms with Crippen molar-refractivity contribution in [3.05, 3.63) is 30.1 Å². The predicted molar refractivity (Wildman–Crippen MR) is 55.0 cm³/mol. The van der Waals surface area contributed by atoms with Gasteiger partial charge in [-0.05, 0) is 25.6 Å². The smallest absolute Gasteiger partial charge is 0.126 e. The predicted octanol–water partition coefficient (Wildman–Crippen LogP) is 2.20. The lowest BCUT2D eigenvalue weighted by Crippen LogP contribution is -2.30. The Morgan fingerprint density at radius 1 is 1.50 bits per heavy atom. The average molecular weight is 197 g/mol. The third-order valence-corrected chi connectivity index (χ3v) is 2.15. The van der Waals surface area contributed by atoms with Crippen LogP contribution in [0.25, 0.3) is 0 Å². The summed E-state index contributed by atoms with van der Waals surface area (Å²) in [6, 6.07) is 6.51. The molecule has 3 heteroatoms. The first-order chi connectivity index (χ1) is 6.76. The van der Waals surface area contributed by atoms with Gasteiger partial charge in [-0.2, -0.15) is 0 Å². The summed E-state index contributed by atoms with van der Waals surface area (Å²) in [6.07, 6.45) is 0.992. The molecule has 1 aromatic rings. The van der Waals surface area contributed by atoms with E-state index in [1.165, 1.54) is 12.1 Å². The van der Waals surface area contributed by atoms with Crippen molar-refractivity contribution in [3.63, 3.8) is 0 Å². The van der Waals surface area contributed by atoms with Crippen molar-refractivity contribution in [1.82, 2.24) is 5.32 Å². The number of halogens is 1. The highest BCUT2D eigenvalue weighted by atomic mass is 19.1. The topological polar surface area (TPSA) is 21.3 Å². The Morgan fingerprint density at radius 2 is 2.29 bits per heavy atom. The number of likely N-dealkylation sites (N-methyl/N-ethyl adjacent to an activating group) is 1. The van der Waals surface area contributed by atoms with Crippen molar-refractivity contribution >= 4 is 0 Å². The van der Waals surface area contributed by atoms with Crippen LogP contribution in [0.2, 0.25) is 0 Å². The van der Waals surface area contributed by atoms with Crippen LogP contribution in [0, 0.1) is 5.82 Å². The minimum atomic E-state index is -0.264. The van der Waals surface area contributed by atoms with Crippen LogP contribution in [-0.2, 0) is 0 Å². The van der Waals surface area contributed by atoms with Crippen molar-refractivity contribution in [1.29, 1.82) is 0 Å². The maximum atomic E-state index is 12.8. The van der Waals surface area contributed by atoms with Gasteiger partial charge in [-0.15, -0.1) is 0 Å². The molecule has 0 aliphatic heterocycles. The molecule has 0 saturated heterocycles. The van der Waals surface area contributed by atoms with Crippen LogP contribution in [-0.4, -0.2) is 19.7 Å². The Bertz CT molecular complexity index is 274. The van der Waals surface area contributed by atoms with Gasteiger partial charge in [0.05, 0.1) is 0 Å². The minimum Gasteiger partial charge on any atom is -0.492 e. The van der Waals surface area contributed by atoms with Gasteiger partial charge in [0, 0.05) is 12.1 Å². The zero-order valence-electron chi connectivity index (χ0n) is 8.59. The molecule has 78 valence electrons. The first kappa shape index (κ1) is 11.0. The summed E-state index contributed by atoms with van der Waals surface area (Å²) in [5.74, 6) is 0.318. The molecule has 0 radical (unpaired) electrons. The second-order valence-corrected chi connectivity index (χ2v) is 3.16. The Hall–Kier alpha value is -1.09. The van der Waals surface area contributed by atoms with Crippen molar-refractivity contribution < 1.29 is 9.13 Å². The number of hydrogen-bond acceptors (Lipinski definition) is 2. The molecule has 1 rings (SSSR count). The lowest BCUT2D eigenvalue weighted by Gasteiger charge is -2.14. The monoisotopic (exact) mass is 197 g/mol. The fourth-order valence-corrected chi connectivity index (χ4v) is 1.16. The average Bonchev–Trinajstić information content (AvgIpc) is 2.19. The SMILES string of the molecule is CCC(COc1cccc(F)c1)NC. The molecule has 0 aliphatic rings. The van der Waals surface area contributed by atoms with Crippen LogP contribution in [0.1, 0.15) is 13.3 Å². The number of ether oxygens (including phenoxy) is 1. The molecule has 1 aromatic carbocycles. The van der Waals surface area contributed by atoms with E-state index >= 15 is 0 Å². The molecular formula is C11H16FNO. The highest BCUT2D eigenvalue weighted by Gasteiger charge is 2.03. The molecule has 2 nitrogen and oxygen atoms in total. The lowest BCUT2D eigenvalue weighted by atomic mass is 10.2. The summed E-state index contributed by atoms with van der Waals surface area (Å²) in [4.78, 5) is 0. The fourth-order valence-electron chi connectivity index (χ4n) is 1.16. The van der Waals surface area contributed by atoms with Gasteiger partial charge >= 0.3 is 0 Å². The normalized spacial score (nSPS) is 12.5. The van der Waals surface area contributed by atoms with E-state index in [2.05, 4.69) is 12.2 Å². The third kappa shape index (κ3) is 3.34. The summed E-state index contributed by atoms with van der Waals surface area (Å²) < 4.78 is 18.2. The molecule has 0 spiro atoms. The first-order valence-corrected chi connectivity index (χ1v) is 4.82. The van der Waals surface area contributed by atoms with E-state index in [4.69, 9.17) is 4.74 Å². The summed E-state index contributed by atoms with van der Waals surface area (Å²) in [6.45, 7) is 2.65. The second-order valence-electron chi connectivity index (χ2n) is 3.16. The number of benzene rings is 1. The molecule has 0 heterocycles. The Morgan fingerprint density at radius 3 is 2.86 bits per heavy atom. The highest BCUT2D eigenvalue weighted by molar-refractivity contribution is 5.22. The van der Waals surface area contributed by atoms with E-state index in [1.807, 2.05) is 7.05 Å². The largest absolute Gasteiger partial charge is 0.492 e. The third-order valence-electron chi connectivity index (χ3n) is 2.15. The molecule has 0 fully saturated rings. The van der Waals surface area contributed by atoms with Gasteiger partial charge in [0.25, 0.3) is 0 Å². The molecule has 1 unspecified atom stereocenters. The van der Waals surface area contributed by atoms with Crippen molar-refractivity contribution in [3.8, 4) is 5.75 Å². The lowest BCUT2D eigenvalue weighted by molar-refractivity contribution is 0.266. The van der Waals surface area contributed by atoms with Crippen molar-refractivity contribution in [2.75, 3.05) is 13.7 Å². The fraction of sp³-hybridized carbons (Fsp3) is 0.455. The van der Waals surface area contributed by atoms with Gasteiger partial charge in [0.1, 0.15) is 18.2 Å². The van der Waals surface area contributed by atoms with Gasteiger partial charge < -0.3 is 10.1 Å². The minimum absolute atomic E-state index is 0.264. The van der Waals surface area contributed by atoms with Gasteiger partial charge in [-0.1, -0.05) is 13.0 Å². The van der Waals surface area contributed by atoms with Crippen molar-refractivity contribution in [2.45, 2.75) is 19.4 Å². The number of rotatable bonds is 5. The summed E-state index contributed by atoms with van der Waals surface area (Å²) in [7, 11) is 1.89. The van der Waals surface area contributed by atoms with E-state index in [0.717, 1.165) is 6.42 Å². The molecule has 0 amide bonds. The van der Waals surface area contributed by atoms with Crippen LogP contribution in [0.3, 0.4) is 0 Å². The van der Waals surface area contributed by atoms with Crippen LogP contribution >= 0.6 is 0 Å². The van der Waals surface area contributed by atoms with E-state index in [0.29, 0.717) is 18.4 Å². The zero-order chi connectivity index (χ0) is 10.4. The van der Waals surface area contributed by atoms with E-state index in [-0.39, 0.29) is 5.82 Å². The van der Waals surface area contributed by atoms with Crippen LogP contribution < -0.4 is 10.1 Å². The molecule has 1 atom stereocenters. The van der Waals surface area contributed by atoms with Gasteiger partial charge in [0.2, 0.25) is 0 Å². The Labute approximate surface area is 84.1 Å². The Kier molecular flexibility index (Phi) is 4.40. The van der Waals surface area contributed by atoms with Crippen LogP contribution in [0.15, 0.2) is 24.3 Å². The molecule has 14 heavy (non-hydrogen) atoms. The molecule has 0 saturated carbocycles. The number of nitrogens with one attached hydrogen (secondary N) is 1. The maximum absolute atomic E-state index is 12.8. The standard InChI is InChI=1S/C11H16FNO/c1-3-10(13-2)8-14-11-6-4-5-9(12)7-11/h4-7,10,13H,3,8H2,1-2H3. The van der Waals surface area contributed by atoms with Gasteiger partial charge in [-0.3, -0.25) is 0 Å². The summed E-state index contributed by atoms with van der Waals surface area (Å²) >= 11 is 0. The van der Waals surface area contributed by atoms with Crippen LogP contribution in [0.5, 0.6) is 5.75 Å². The molecule has 1 N–H and O–H groups in total. The zero-order valence-corrected chi connectivity index (χ0v) is 8.59. The van der Waals surface area contributed by atoms with E-state index in [9.17, 15) is 4.39 Å². The number of hydrogen-bond donors (Lipinski definition) is 1. The summed E-state index contributed by atoms with van der Waals surface area (Å²) in [5, 5.41) is 3.12.